The second-order valence-corrected chi connectivity index (χ2v) is 5.60. The van der Waals surface area contributed by atoms with Crippen molar-refractivity contribution in [2.24, 2.45) is 0 Å². The molecule has 0 radical (unpaired) electrons. The van der Waals surface area contributed by atoms with Crippen LogP contribution < -0.4 is 5.32 Å². The monoisotopic (exact) mass is 244 g/mol. The van der Waals surface area contributed by atoms with Crippen LogP contribution in [0.2, 0.25) is 0 Å². The number of aryl methyl sites for hydroxylation is 1. The Morgan fingerprint density at radius 1 is 1.44 bits per heavy atom. The van der Waals surface area contributed by atoms with Crippen LogP contribution in [0.3, 0.4) is 0 Å². The molecule has 0 saturated carbocycles. The number of nitrogens with zero attached hydrogens (tertiary/aromatic N) is 1. The first kappa shape index (κ1) is 12.9. The summed E-state index contributed by atoms with van der Waals surface area (Å²) in [6.07, 6.45) is 1.95. The van der Waals surface area contributed by atoms with Gasteiger partial charge in [-0.2, -0.15) is 5.26 Å². The standard InChI is InChI=1S/C15H20N2O/c1-11-4-5-12(10-16)14(8-11)17-13-6-7-18-15(2,3)9-13/h4-5,8,13,17H,6-7,9H2,1-3H3. The summed E-state index contributed by atoms with van der Waals surface area (Å²) in [7, 11) is 0. The average molecular weight is 244 g/mol. The van der Waals surface area contributed by atoms with Gasteiger partial charge in [0.15, 0.2) is 0 Å². The van der Waals surface area contributed by atoms with Gasteiger partial charge in [0.25, 0.3) is 0 Å². The van der Waals surface area contributed by atoms with E-state index < -0.39 is 0 Å². The van der Waals surface area contributed by atoms with Gasteiger partial charge in [-0.3, -0.25) is 0 Å². The van der Waals surface area contributed by atoms with Gasteiger partial charge in [0.2, 0.25) is 0 Å². The second-order valence-electron chi connectivity index (χ2n) is 5.60. The van der Waals surface area contributed by atoms with Crippen molar-refractivity contribution in [3.05, 3.63) is 29.3 Å². The largest absolute Gasteiger partial charge is 0.381 e. The summed E-state index contributed by atoms with van der Waals surface area (Å²) in [5.41, 5.74) is 2.75. The minimum Gasteiger partial charge on any atom is -0.381 e. The highest BCUT2D eigenvalue weighted by Gasteiger charge is 2.28. The summed E-state index contributed by atoms with van der Waals surface area (Å²) < 4.78 is 5.71. The maximum atomic E-state index is 9.13. The zero-order valence-corrected chi connectivity index (χ0v) is 11.3. The summed E-state index contributed by atoms with van der Waals surface area (Å²) in [6.45, 7) is 7.04. The van der Waals surface area contributed by atoms with Crippen molar-refractivity contribution in [1.82, 2.24) is 0 Å². The number of hydrogen-bond donors (Lipinski definition) is 1. The van der Waals surface area contributed by atoms with Gasteiger partial charge in [0.1, 0.15) is 6.07 Å². The van der Waals surface area contributed by atoms with E-state index in [1.165, 1.54) is 5.56 Å². The fourth-order valence-corrected chi connectivity index (χ4v) is 2.45. The van der Waals surface area contributed by atoms with E-state index in [9.17, 15) is 0 Å². The molecule has 1 aromatic rings. The zero-order chi connectivity index (χ0) is 13.2. The van der Waals surface area contributed by atoms with Crippen LogP contribution in [0.25, 0.3) is 0 Å². The molecule has 1 aliphatic rings. The van der Waals surface area contributed by atoms with Crippen LogP contribution in [-0.2, 0) is 4.74 Å². The lowest BCUT2D eigenvalue weighted by Gasteiger charge is -2.36. The normalized spacial score (nSPS) is 22.2. The van der Waals surface area contributed by atoms with Crippen LogP contribution in [-0.4, -0.2) is 18.2 Å². The van der Waals surface area contributed by atoms with E-state index in [4.69, 9.17) is 10.00 Å². The third kappa shape index (κ3) is 3.02. The molecule has 0 aliphatic carbocycles. The maximum absolute atomic E-state index is 9.13. The van der Waals surface area contributed by atoms with Crippen molar-refractivity contribution in [2.75, 3.05) is 11.9 Å². The Bertz CT molecular complexity index is 474. The van der Waals surface area contributed by atoms with E-state index in [0.717, 1.165) is 25.1 Å². The first-order valence-electron chi connectivity index (χ1n) is 6.41. The fourth-order valence-electron chi connectivity index (χ4n) is 2.45. The lowest BCUT2D eigenvalue weighted by Crippen LogP contribution is -2.40. The highest BCUT2D eigenvalue weighted by atomic mass is 16.5. The summed E-state index contributed by atoms with van der Waals surface area (Å²) in [4.78, 5) is 0. The average Bonchev–Trinajstić information content (AvgIpc) is 2.28. The third-order valence-corrected chi connectivity index (χ3v) is 3.35. The van der Waals surface area contributed by atoms with Gasteiger partial charge in [-0.25, -0.2) is 0 Å². The van der Waals surface area contributed by atoms with Gasteiger partial charge in [0, 0.05) is 12.6 Å². The molecular formula is C15H20N2O. The minimum absolute atomic E-state index is 0.0768. The quantitative estimate of drug-likeness (QED) is 0.868. The summed E-state index contributed by atoms with van der Waals surface area (Å²) in [5.74, 6) is 0. The number of benzene rings is 1. The van der Waals surface area contributed by atoms with Gasteiger partial charge < -0.3 is 10.1 Å². The molecule has 1 saturated heterocycles. The Morgan fingerprint density at radius 3 is 2.89 bits per heavy atom. The molecule has 1 N–H and O–H groups in total. The van der Waals surface area contributed by atoms with E-state index in [1.807, 2.05) is 25.1 Å². The van der Waals surface area contributed by atoms with E-state index >= 15 is 0 Å². The molecule has 0 amide bonds. The summed E-state index contributed by atoms with van der Waals surface area (Å²) in [5, 5.41) is 12.6. The number of rotatable bonds is 2. The number of hydrogen-bond acceptors (Lipinski definition) is 3. The van der Waals surface area contributed by atoms with Crippen molar-refractivity contribution in [3.8, 4) is 6.07 Å². The van der Waals surface area contributed by atoms with E-state index in [1.54, 1.807) is 0 Å². The highest BCUT2D eigenvalue weighted by molar-refractivity contribution is 5.59. The van der Waals surface area contributed by atoms with E-state index in [0.29, 0.717) is 11.6 Å². The lowest BCUT2D eigenvalue weighted by molar-refractivity contribution is -0.0553. The molecule has 3 heteroatoms. The van der Waals surface area contributed by atoms with E-state index in [2.05, 4.69) is 25.2 Å². The molecule has 1 aromatic carbocycles. The Hall–Kier alpha value is -1.53. The topological polar surface area (TPSA) is 45.0 Å². The first-order chi connectivity index (χ1) is 8.50. The van der Waals surface area contributed by atoms with Crippen molar-refractivity contribution in [1.29, 1.82) is 5.26 Å². The molecule has 96 valence electrons. The molecule has 0 bridgehead atoms. The minimum atomic E-state index is -0.0768. The first-order valence-corrected chi connectivity index (χ1v) is 6.41. The Balaban J connectivity index is 2.14. The van der Waals surface area contributed by atoms with Gasteiger partial charge in [-0.05, 0) is 51.3 Å². The molecule has 2 rings (SSSR count). The molecule has 0 aromatic heterocycles. The number of anilines is 1. The Labute approximate surface area is 109 Å². The maximum Gasteiger partial charge on any atom is 0.101 e. The molecule has 18 heavy (non-hydrogen) atoms. The number of ether oxygens (including phenoxy) is 1. The van der Waals surface area contributed by atoms with Gasteiger partial charge in [0.05, 0.1) is 16.9 Å². The van der Waals surface area contributed by atoms with E-state index in [-0.39, 0.29) is 5.60 Å². The number of nitrogens with one attached hydrogen (secondary N) is 1. The lowest BCUT2D eigenvalue weighted by atomic mass is 9.93. The Kier molecular flexibility index (Phi) is 3.58. The van der Waals surface area contributed by atoms with Gasteiger partial charge >= 0.3 is 0 Å². The van der Waals surface area contributed by atoms with Crippen molar-refractivity contribution < 1.29 is 4.74 Å². The van der Waals surface area contributed by atoms with Crippen LogP contribution >= 0.6 is 0 Å². The van der Waals surface area contributed by atoms with Crippen LogP contribution in [0.1, 0.15) is 37.8 Å². The van der Waals surface area contributed by atoms with Crippen LogP contribution in [0.15, 0.2) is 18.2 Å². The molecule has 1 heterocycles. The van der Waals surface area contributed by atoms with Gasteiger partial charge in [-0.15, -0.1) is 0 Å². The van der Waals surface area contributed by atoms with Crippen molar-refractivity contribution in [3.63, 3.8) is 0 Å². The van der Waals surface area contributed by atoms with Crippen molar-refractivity contribution >= 4 is 5.69 Å². The third-order valence-electron chi connectivity index (χ3n) is 3.35. The summed E-state index contributed by atoms with van der Waals surface area (Å²) in [6, 6.07) is 8.51. The smallest absolute Gasteiger partial charge is 0.101 e. The summed E-state index contributed by atoms with van der Waals surface area (Å²) >= 11 is 0. The molecule has 1 aliphatic heterocycles. The molecule has 1 fully saturated rings. The molecule has 1 atom stereocenters. The highest BCUT2D eigenvalue weighted by Crippen LogP contribution is 2.27. The molecule has 0 spiro atoms. The van der Waals surface area contributed by atoms with Crippen LogP contribution in [0.4, 0.5) is 5.69 Å². The van der Waals surface area contributed by atoms with Crippen LogP contribution in [0.5, 0.6) is 0 Å². The molecular weight excluding hydrogens is 224 g/mol. The van der Waals surface area contributed by atoms with Gasteiger partial charge in [-0.1, -0.05) is 6.07 Å². The Morgan fingerprint density at radius 2 is 2.22 bits per heavy atom. The van der Waals surface area contributed by atoms with Crippen LogP contribution in [0, 0.1) is 18.3 Å². The molecule has 3 nitrogen and oxygen atoms in total. The SMILES string of the molecule is Cc1ccc(C#N)c(NC2CCOC(C)(C)C2)c1. The number of nitriles is 1. The predicted octanol–water partition coefficient (Wildman–Crippen LogP) is 3.24. The van der Waals surface area contributed by atoms with Crippen molar-refractivity contribution in [2.45, 2.75) is 45.3 Å². The second kappa shape index (κ2) is 4.99. The fraction of sp³-hybridized carbons (Fsp3) is 0.533. The molecule has 1 unspecified atom stereocenters. The predicted molar refractivity (Wildman–Crippen MR) is 72.6 cm³/mol. The zero-order valence-electron chi connectivity index (χ0n) is 11.3.